The smallest absolute Gasteiger partial charge is 0.143 e. The predicted molar refractivity (Wildman–Crippen MR) is 137 cm³/mol. The van der Waals surface area contributed by atoms with Crippen molar-refractivity contribution in [3.05, 3.63) is 94.5 Å². The van der Waals surface area contributed by atoms with Crippen LogP contribution in [0.5, 0.6) is 0 Å². The number of hydrogen-bond donors (Lipinski definition) is 0. The highest BCUT2D eigenvalue weighted by Crippen LogP contribution is 2.34. The van der Waals surface area contributed by atoms with E-state index in [9.17, 15) is 4.79 Å². The van der Waals surface area contributed by atoms with E-state index in [2.05, 4.69) is 78.8 Å². The van der Waals surface area contributed by atoms with Crippen LogP contribution in [0.3, 0.4) is 0 Å². The van der Waals surface area contributed by atoms with Gasteiger partial charge in [-0.25, -0.2) is 4.99 Å². The molecule has 1 aliphatic carbocycles. The number of carbonyl (C=O) groups is 1. The highest BCUT2D eigenvalue weighted by Gasteiger charge is 2.20. The van der Waals surface area contributed by atoms with Gasteiger partial charge in [0.1, 0.15) is 10.8 Å². The maximum Gasteiger partial charge on any atom is 0.143 e. The third-order valence-electron chi connectivity index (χ3n) is 5.82. The summed E-state index contributed by atoms with van der Waals surface area (Å²) in [5.41, 5.74) is 13.4. The van der Waals surface area contributed by atoms with Crippen molar-refractivity contribution in [1.82, 2.24) is 0 Å². The van der Waals surface area contributed by atoms with Crippen molar-refractivity contribution in [2.75, 3.05) is 5.75 Å². The first-order valence-electron chi connectivity index (χ1n) is 11.4. The molecule has 32 heavy (non-hydrogen) atoms. The summed E-state index contributed by atoms with van der Waals surface area (Å²) in [7, 11) is 0. The zero-order valence-corrected chi connectivity index (χ0v) is 19.7. The number of nitrogens with zero attached hydrogens (tertiary/aromatic N) is 1. The Kier molecular flexibility index (Phi) is 7.45. The number of Topliss-reactive ketones (excluding diaryl/α,β-unsaturated/α-hetero) is 1. The number of rotatable bonds is 8. The summed E-state index contributed by atoms with van der Waals surface area (Å²) >= 11 is 1.49. The van der Waals surface area contributed by atoms with Crippen LogP contribution in [0.1, 0.15) is 54.4 Å². The number of ketones is 1. The molecule has 0 aromatic heterocycles. The normalized spacial score (nSPS) is 15.5. The Morgan fingerprint density at radius 3 is 2.12 bits per heavy atom. The molecular formula is C29H29NOS. The molecule has 1 heterocycles. The van der Waals surface area contributed by atoms with Gasteiger partial charge >= 0.3 is 0 Å². The average molecular weight is 440 g/mol. The van der Waals surface area contributed by atoms with Crippen molar-refractivity contribution in [1.29, 1.82) is 0 Å². The number of aliphatic imine (C=N–C) groups is 1. The van der Waals surface area contributed by atoms with Crippen molar-refractivity contribution in [2.45, 2.75) is 46.0 Å². The molecule has 2 nitrogen and oxygen atoms in total. The van der Waals surface area contributed by atoms with Crippen LogP contribution in [0.15, 0.2) is 77.3 Å². The van der Waals surface area contributed by atoms with Gasteiger partial charge in [-0.1, -0.05) is 96.4 Å². The molecule has 0 atom stereocenters. The molecule has 0 radical (unpaired) electrons. The number of hydrogen-bond acceptors (Lipinski definition) is 3. The van der Waals surface area contributed by atoms with Gasteiger partial charge in [0.05, 0.1) is 12.0 Å². The molecule has 162 valence electrons. The first-order chi connectivity index (χ1) is 15.6. The summed E-state index contributed by atoms with van der Waals surface area (Å²) in [6.07, 6.45) is 9.23. The number of aryl methyl sites for hydroxylation is 2. The molecule has 3 heteroatoms. The fourth-order valence-corrected chi connectivity index (χ4v) is 4.39. The van der Waals surface area contributed by atoms with Crippen LogP contribution in [-0.2, 0) is 4.79 Å². The van der Waals surface area contributed by atoms with Gasteiger partial charge in [-0.15, -0.1) is 5.73 Å². The third-order valence-corrected chi connectivity index (χ3v) is 6.80. The molecule has 4 rings (SSSR count). The number of allylic oxidation sites excluding steroid dienone is 1. The molecular weight excluding hydrogens is 410 g/mol. The molecule has 1 aliphatic heterocycles. The third kappa shape index (κ3) is 6.34. The summed E-state index contributed by atoms with van der Waals surface area (Å²) in [5.74, 6) is 1.65. The van der Waals surface area contributed by atoms with E-state index in [0.717, 1.165) is 39.7 Å². The molecule has 0 unspecified atom stereocenters. The topological polar surface area (TPSA) is 29.4 Å². The summed E-state index contributed by atoms with van der Waals surface area (Å²) < 4.78 is 0. The van der Waals surface area contributed by atoms with Gasteiger partial charge in [-0.3, -0.25) is 4.79 Å². The van der Waals surface area contributed by atoms with Crippen molar-refractivity contribution >= 4 is 33.7 Å². The number of carbonyl (C=O) groups excluding carboxylic acids is 1. The van der Waals surface area contributed by atoms with Gasteiger partial charge in [0.15, 0.2) is 0 Å². The SMILES string of the molecule is Cc1ccc(C2=C=CN=C(SCC(=O)CCCC3CC3)C=C=C2c2ccc(C)cc2)cc1. The minimum Gasteiger partial charge on any atom is -0.299 e. The Labute approximate surface area is 195 Å². The quantitative estimate of drug-likeness (QED) is 0.403. The second-order valence-electron chi connectivity index (χ2n) is 8.67. The molecule has 2 aromatic carbocycles. The molecule has 0 spiro atoms. The van der Waals surface area contributed by atoms with Crippen LogP contribution in [0.2, 0.25) is 0 Å². The average Bonchev–Trinajstić information content (AvgIpc) is 3.60. The Balaban J connectivity index is 1.57. The van der Waals surface area contributed by atoms with Crippen LogP contribution in [0, 0.1) is 19.8 Å². The Morgan fingerprint density at radius 2 is 1.53 bits per heavy atom. The van der Waals surface area contributed by atoms with E-state index in [4.69, 9.17) is 0 Å². The Hall–Kier alpha value is -2.83. The van der Waals surface area contributed by atoms with Crippen molar-refractivity contribution in [3.8, 4) is 0 Å². The van der Waals surface area contributed by atoms with Crippen LogP contribution in [0.25, 0.3) is 11.1 Å². The first-order valence-corrected chi connectivity index (χ1v) is 12.4. The summed E-state index contributed by atoms with van der Waals surface area (Å²) in [6, 6.07) is 16.9. The van der Waals surface area contributed by atoms with Gasteiger partial charge in [0.25, 0.3) is 0 Å². The van der Waals surface area contributed by atoms with Crippen LogP contribution in [0.4, 0.5) is 0 Å². The predicted octanol–water partition coefficient (Wildman–Crippen LogP) is 7.33. The molecule has 0 bridgehead atoms. The highest BCUT2D eigenvalue weighted by atomic mass is 32.2. The van der Waals surface area contributed by atoms with Gasteiger partial charge in [0, 0.05) is 23.6 Å². The maximum absolute atomic E-state index is 12.3. The Morgan fingerprint density at radius 1 is 0.938 bits per heavy atom. The van der Waals surface area contributed by atoms with Crippen LogP contribution < -0.4 is 0 Å². The van der Waals surface area contributed by atoms with E-state index in [-0.39, 0.29) is 0 Å². The Bertz CT molecular complexity index is 1130. The lowest BCUT2D eigenvalue weighted by Gasteiger charge is -2.11. The molecule has 1 saturated carbocycles. The van der Waals surface area contributed by atoms with Crippen LogP contribution in [-0.4, -0.2) is 16.6 Å². The van der Waals surface area contributed by atoms with Gasteiger partial charge in [-0.05, 0) is 37.3 Å². The van der Waals surface area contributed by atoms with E-state index < -0.39 is 0 Å². The van der Waals surface area contributed by atoms with Crippen molar-refractivity contribution in [3.63, 3.8) is 0 Å². The fourth-order valence-electron chi connectivity index (χ4n) is 3.67. The van der Waals surface area contributed by atoms with E-state index in [0.29, 0.717) is 18.0 Å². The van der Waals surface area contributed by atoms with Crippen LogP contribution >= 0.6 is 11.8 Å². The largest absolute Gasteiger partial charge is 0.299 e. The van der Waals surface area contributed by atoms with Gasteiger partial charge in [0.2, 0.25) is 0 Å². The van der Waals surface area contributed by atoms with E-state index in [1.807, 2.05) is 6.08 Å². The molecule has 0 N–H and O–H groups in total. The second-order valence-corrected chi connectivity index (χ2v) is 9.67. The molecule has 0 amide bonds. The molecule has 0 saturated heterocycles. The first kappa shape index (κ1) is 22.4. The summed E-state index contributed by atoms with van der Waals surface area (Å²) in [6.45, 7) is 4.18. The van der Waals surface area contributed by atoms with E-state index >= 15 is 0 Å². The number of benzene rings is 2. The standard InChI is InChI=1S/C29H29NOS/c1-21-6-12-24(13-7-21)27-16-17-29(32-20-26(31)5-3-4-23-10-11-23)30-19-18-28(27)25-14-8-22(2)9-15-25/h6-9,12-15,17,19,23H,3-5,10-11,20H2,1-2H3. The van der Waals surface area contributed by atoms with Gasteiger partial charge < -0.3 is 0 Å². The lowest BCUT2D eigenvalue weighted by molar-refractivity contribution is -0.116. The zero-order chi connectivity index (χ0) is 22.3. The summed E-state index contributed by atoms with van der Waals surface area (Å²) in [4.78, 5) is 16.8. The lowest BCUT2D eigenvalue weighted by atomic mass is 9.92. The van der Waals surface area contributed by atoms with Crippen molar-refractivity contribution in [2.24, 2.45) is 10.9 Å². The second kappa shape index (κ2) is 10.7. The molecule has 2 aliphatic rings. The minimum atomic E-state index is 0.302. The number of thioether (sulfide) groups is 1. The van der Waals surface area contributed by atoms with E-state index in [1.165, 1.54) is 42.2 Å². The fraction of sp³-hybridized carbons (Fsp3) is 0.310. The maximum atomic E-state index is 12.3. The monoisotopic (exact) mass is 439 g/mol. The lowest BCUT2D eigenvalue weighted by Crippen LogP contribution is -2.03. The van der Waals surface area contributed by atoms with Crippen molar-refractivity contribution < 1.29 is 4.79 Å². The molecule has 2 aromatic rings. The highest BCUT2D eigenvalue weighted by molar-refractivity contribution is 8.14. The summed E-state index contributed by atoms with van der Waals surface area (Å²) in [5, 5.41) is 0.792. The van der Waals surface area contributed by atoms with Gasteiger partial charge in [-0.2, -0.15) is 0 Å². The van der Waals surface area contributed by atoms with E-state index in [1.54, 1.807) is 6.20 Å². The molecule has 1 fully saturated rings. The zero-order valence-electron chi connectivity index (χ0n) is 18.9. The minimum absolute atomic E-state index is 0.302.